The number of nitrogens with zero attached hydrogens (tertiary/aromatic N) is 2. The van der Waals surface area contributed by atoms with Gasteiger partial charge in [-0.15, -0.1) is 11.3 Å². The highest BCUT2D eigenvalue weighted by Crippen LogP contribution is 2.37. The first kappa shape index (κ1) is 21.6. The molecule has 2 aliphatic carbocycles. The summed E-state index contributed by atoms with van der Waals surface area (Å²) < 4.78 is 16.1. The van der Waals surface area contributed by atoms with Crippen molar-refractivity contribution in [3.63, 3.8) is 0 Å². The summed E-state index contributed by atoms with van der Waals surface area (Å²) in [5.74, 6) is 0.171. The van der Waals surface area contributed by atoms with Crippen LogP contribution in [-0.4, -0.2) is 27.3 Å². The Bertz CT molecular complexity index is 1230. The van der Waals surface area contributed by atoms with E-state index in [9.17, 15) is 14.0 Å². The van der Waals surface area contributed by atoms with Crippen LogP contribution in [0.15, 0.2) is 34.2 Å². The Hall–Kier alpha value is -2.19. The summed E-state index contributed by atoms with van der Waals surface area (Å²) in [6.07, 6.45) is 7.15. The zero-order chi connectivity index (χ0) is 22.2. The van der Waals surface area contributed by atoms with Crippen molar-refractivity contribution in [2.45, 2.75) is 63.1 Å². The van der Waals surface area contributed by atoms with Crippen LogP contribution in [0.5, 0.6) is 0 Å². The van der Waals surface area contributed by atoms with Crippen molar-refractivity contribution in [2.24, 2.45) is 5.92 Å². The highest BCUT2D eigenvalue weighted by atomic mass is 32.2. The minimum atomic E-state index is -0.481. The fourth-order valence-electron chi connectivity index (χ4n) is 4.78. The van der Waals surface area contributed by atoms with Crippen molar-refractivity contribution in [3.8, 4) is 5.69 Å². The third-order valence-electron chi connectivity index (χ3n) is 6.44. The summed E-state index contributed by atoms with van der Waals surface area (Å²) in [5, 5.41) is 4.04. The predicted molar refractivity (Wildman–Crippen MR) is 127 cm³/mol. The fraction of sp³-hybridized carbons (Fsp3) is 0.458. The average Bonchev–Trinajstić information content (AvgIpc) is 3.40. The normalized spacial score (nSPS) is 18.8. The first-order chi connectivity index (χ1) is 15.5. The third-order valence-corrected chi connectivity index (χ3v) is 8.53. The maximum atomic E-state index is 14.7. The second kappa shape index (κ2) is 8.98. The van der Waals surface area contributed by atoms with Gasteiger partial charge in [-0.2, -0.15) is 0 Å². The number of aryl methyl sites for hydroxylation is 1. The standard InChI is InChI=1S/C24H26FN3O2S2/c1-14-10-11-16-19(12-14)32-22-21(16)23(30)28(18-9-5-4-8-17(18)25)24(27-22)31-13-20(29)26-15-6-2-3-7-15/h4-5,8-9,14-15H,2-3,6-7,10-13H2,1H3,(H,26,29). The molecule has 0 aliphatic heterocycles. The van der Waals surface area contributed by atoms with E-state index in [4.69, 9.17) is 4.98 Å². The van der Waals surface area contributed by atoms with Crippen LogP contribution < -0.4 is 10.9 Å². The third kappa shape index (κ3) is 4.10. The molecule has 32 heavy (non-hydrogen) atoms. The lowest BCUT2D eigenvalue weighted by molar-refractivity contribution is -0.119. The smallest absolute Gasteiger partial charge is 0.267 e. The molecule has 1 saturated carbocycles. The molecular weight excluding hydrogens is 445 g/mol. The molecule has 2 aromatic heterocycles. The molecule has 1 fully saturated rings. The summed E-state index contributed by atoms with van der Waals surface area (Å²) in [7, 11) is 0. The Balaban J connectivity index is 1.56. The topological polar surface area (TPSA) is 64.0 Å². The zero-order valence-electron chi connectivity index (χ0n) is 18.0. The Labute approximate surface area is 194 Å². The van der Waals surface area contributed by atoms with E-state index in [1.165, 1.54) is 27.3 Å². The van der Waals surface area contributed by atoms with Gasteiger partial charge in [-0.25, -0.2) is 9.37 Å². The van der Waals surface area contributed by atoms with Crippen LogP contribution in [0.25, 0.3) is 15.9 Å². The summed E-state index contributed by atoms with van der Waals surface area (Å²) in [6.45, 7) is 2.22. The molecule has 2 aliphatic rings. The molecule has 5 rings (SSSR count). The summed E-state index contributed by atoms with van der Waals surface area (Å²) >= 11 is 2.77. The lowest BCUT2D eigenvalue weighted by atomic mass is 9.89. The molecule has 0 radical (unpaired) electrons. The fourth-order valence-corrected chi connectivity index (χ4v) is 7.02. The number of nitrogens with one attached hydrogen (secondary N) is 1. The van der Waals surface area contributed by atoms with Crippen molar-refractivity contribution in [1.29, 1.82) is 0 Å². The molecule has 1 aromatic carbocycles. The average molecular weight is 472 g/mol. The van der Waals surface area contributed by atoms with Gasteiger partial charge in [0.1, 0.15) is 10.6 Å². The van der Waals surface area contributed by atoms with Gasteiger partial charge in [-0.05, 0) is 55.7 Å². The molecule has 1 unspecified atom stereocenters. The van der Waals surface area contributed by atoms with E-state index >= 15 is 0 Å². The first-order valence-corrected chi connectivity index (χ1v) is 13.1. The number of hydrogen-bond acceptors (Lipinski definition) is 5. The molecular formula is C24H26FN3O2S2. The van der Waals surface area contributed by atoms with E-state index < -0.39 is 5.82 Å². The van der Waals surface area contributed by atoms with Crippen molar-refractivity contribution >= 4 is 39.2 Å². The van der Waals surface area contributed by atoms with Crippen LogP contribution in [0, 0.1) is 11.7 Å². The van der Waals surface area contributed by atoms with Gasteiger partial charge in [0.2, 0.25) is 5.91 Å². The number of amides is 1. The van der Waals surface area contributed by atoms with Crippen molar-refractivity contribution in [1.82, 2.24) is 14.9 Å². The number of aromatic nitrogens is 2. The minimum absolute atomic E-state index is 0.0735. The predicted octanol–water partition coefficient (Wildman–Crippen LogP) is 4.86. The van der Waals surface area contributed by atoms with Crippen LogP contribution in [0.3, 0.4) is 0 Å². The quantitative estimate of drug-likeness (QED) is 0.426. The largest absolute Gasteiger partial charge is 0.353 e. The van der Waals surface area contributed by atoms with Crippen LogP contribution in [0.1, 0.15) is 49.5 Å². The van der Waals surface area contributed by atoms with Crippen LogP contribution in [0.4, 0.5) is 4.39 Å². The van der Waals surface area contributed by atoms with Gasteiger partial charge in [0.25, 0.3) is 5.56 Å². The second-order valence-corrected chi connectivity index (χ2v) is 10.9. The molecule has 5 nitrogen and oxygen atoms in total. The van der Waals surface area contributed by atoms with E-state index in [1.54, 1.807) is 29.5 Å². The molecule has 1 N–H and O–H groups in total. The molecule has 0 spiro atoms. The number of thioether (sulfide) groups is 1. The Morgan fingerprint density at radius 1 is 1.28 bits per heavy atom. The van der Waals surface area contributed by atoms with Gasteiger partial charge >= 0.3 is 0 Å². The highest BCUT2D eigenvalue weighted by Gasteiger charge is 2.26. The number of fused-ring (bicyclic) bond motifs is 3. The van der Waals surface area contributed by atoms with Crippen molar-refractivity contribution in [3.05, 3.63) is 50.9 Å². The lowest BCUT2D eigenvalue weighted by Crippen LogP contribution is -2.34. The molecule has 0 saturated heterocycles. The molecule has 0 bridgehead atoms. The van der Waals surface area contributed by atoms with E-state index in [0.29, 0.717) is 21.3 Å². The van der Waals surface area contributed by atoms with Gasteiger partial charge in [-0.1, -0.05) is 43.7 Å². The van der Waals surface area contributed by atoms with E-state index in [0.717, 1.165) is 50.5 Å². The van der Waals surface area contributed by atoms with E-state index in [2.05, 4.69) is 12.2 Å². The Kier molecular flexibility index (Phi) is 6.07. The number of carbonyl (C=O) groups excluding carboxylic acids is 1. The van der Waals surface area contributed by atoms with E-state index in [1.807, 2.05) is 0 Å². The Morgan fingerprint density at radius 3 is 2.84 bits per heavy atom. The van der Waals surface area contributed by atoms with Crippen LogP contribution >= 0.6 is 23.1 Å². The number of hydrogen-bond donors (Lipinski definition) is 1. The number of thiophene rings is 1. The zero-order valence-corrected chi connectivity index (χ0v) is 19.7. The minimum Gasteiger partial charge on any atom is -0.353 e. The van der Waals surface area contributed by atoms with Gasteiger partial charge in [0, 0.05) is 10.9 Å². The second-order valence-electron chi connectivity index (χ2n) is 8.86. The summed E-state index contributed by atoms with van der Waals surface area (Å²) in [5.41, 5.74) is 1.00. The Morgan fingerprint density at radius 2 is 2.06 bits per heavy atom. The van der Waals surface area contributed by atoms with Crippen LogP contribution in [-0.2, 0) is 17.6 Å². The number of carbonyl (C=O) groups is 1. The van der Waals surface area contributed by atoms with Crippen molar-refractivity contribution < 1.29 is 9.18 Å². The number of para-hydroxylation sites is 1. The molecule has 1 amide bonds. The van der Waals surface area contributed by atoms with E-state index in [-0.39, 0.29) is 28.9 Å². The van der Waals surface area contributed by atoms with Crippen LogP contribution in [0.2, 0.25) is 0 Å². The highest BCUT2D eigenvalue weighted by molar-refractivity contribution is 7.99. The number of halogens is 1. The monoisotopic (exact) mass is 471 g/mol. The molecule has 1 atom stereocenters. The van der Waals surface area contributed by atoms with Gasteiger partial charge in [-0.3, -0.25) is 14.2 Å². The lowest BCUT2D eigenvalue weighted by Gasteiger charge is -2.18. The maximum Gasteiger partial charge on any atom is 0.267 e. The number of rotatable bonds is 5. The van der Waals surface area contributed by atoms with Gasteiger partial charge in [0.05, 0.1) is 16.8 Å². The van der Waals surface area contributed by atoms with Crippen molar-refractivity contribution in [2.75, 3.05) is 5.75 Å². The molecule has 3 aromatic rings. The first-order valence-electron chi connectivity index (χ1n) is 11.3. The SMILES string of the molecule is CC1CCc2c(sc3nc(SCC(=O)NC4CCCC4)n(-c4ccccc4F)c(=O)c23)C1. The van der Waals surface area contributed by atoms with Gasteiger partial charge < -0.3 is 5.32 Å². The molecule has 168 valence electrons. The molecule has 8 heteroatoms. The number of benzene rings is 1. The maximum absolute atomic E-state index is 14.7. The molecule has 2 heterocycles. The summed E-state index contributed by atoms with van der Waals surface area (Å²) in [6, 6.07) is 6.48. The summed E-state index contributed by atoms with van der Waals surface area (Å²) in [4.78, 5) is 32.9. The van der Waals surface area contributed by atoms with Gasteiger partial charge in [0.15, 0.2) is 5.16 Å².